The lowest BCUT2D eigenvalue weighted by molar-refractivity contribution is 0.575. The monoisotopic (exact) mass is 242 g/mol. The van der Waals surface area contributed by atoms with Gasteiger partial charge in [0.1, 0.15) is 0 Å². The van der Waals surface area contributed by atoms with Crippen LogP contribution in [0.4, 0.5) is 0 Å². The summed E-state index contributed by atoms with van der Waals surface area (Å²) in [6.07, 6.45) is 7.55. The normalized spacial score (nSPS) is 15.4. The Morgan fingerprint density at radius 1 is 1.22 bits per heavy atom. The molecule has 96 valence electrons. The van der Waals surface area contributed by atoms with Crippen molar-refractivity contribution < 1.29 is 0 Å². The molecule has 1 saturated carbocycles. The molecule has 1 aliphatic carbocycles. The summed E-state index contributed by atoms with van der Waals surface area (Å²) in [6.45, 7) is 4.51. The summed E-state index contributed by atoms with van der Waals surface area (Å²) in [6, 6.07) is 9.66. The van der Waals surface area contributed by atoms with Crippen LogP contribution in [0, 0.1) is 6.92 Å². The molecule has 0 amide bonds. The smallest absolute Gasteiger partial charge is 0.0482 e. The highest BCUT2D eigenvalue weighted by Crippen LogP contribution is 2.20. The zero-order valence-corrected chi connectivity index (χ0v) is 11.2. The van der Waals surface area contributed by atoms with E-state index in [-0.39, 0.29) is 0 Å². The zero-order valence-electron chi connectivity index (χ0n) is 11.2. The fourth-order valence-electron chi connectivity index (χ4n) is 2.57. The molecule has 2 nitrogen and oxygen atoms in total. The third-order valence-electron chi connectivity index (χ3n) is 3.87. The van der Waals surface area contributed by atoms with Crippen molar-refractivity contribution in [2.75, 3.05) is 6.54 Å². The summed E-state index contributed by atoms with van der Waals surface area (Å²) in [7, 11) is 0. The molecule has 2 aromatic rings. The molecule has 1 heterocycles. The molecule has 0 bridgehead atoms. The van der Waals surface area contributed by atoms with E-state index in [1.165, 1.54) is 48.7 Å². The Morgan fingerprint density at radius 3 is 2.94 bits per heavy atom. The number of nitrogens with one attached hydrogen (secondary N) is 1. The number of nitrogens with zero attached hydrogens (tertiary/aromatic N) is 1. The molecule has 1 aromatic heterocycles. The fourth-order valence-corrected chi connectivity index (χ4v) is 2.57. The van der Waals surface area contributed by atoms with Gasteiger partial charge in [-0.15, -0.1) is 0 Å². The minimum Gasteiger partial charge on any atom is -0.347 e. The summed E-state index contributed by atoms with van der Waals surface area (Å²) >= 11 is 0. The van der Waals surface area contributed by atoms with E-state index in [2.05, 4.69) is 47.3 Å². The van der Waals surface area contributed by atoms with Crippen LogP contribution in [-0.2, 0) is 6.54 Å². The van der Waals surface area contributed by atoms with Crippen molar-refractivity contribution >= 4 is 10.9 Å². The number of hydrogen-bond donors (Lipinski definition) is 1. The molecule has 0 radical (unpaired) electrons. The Kier molecular flexibility index (Phi) is 3.37. The summed E-state index contributed by atoms with van der Waals surface area (Å²) in [5.74, 6) is 0. The van der Waals surface area contributed by atoms with Crippen LogP contribution < -0.4 is 5.32 Å². The van der Waals surface area contributed by atoms with E-state index in [0.29, 0.717) is 0 Å². The summed E-state index contributed by atoms with van der Waals surface area (Å²) in [5.41, 5.74) is 2.76. The molecular formula is C16H22N2. The highest BCUT2D eigenvalue weighted by molar-refractivity contribution is 5.83. The van der Waals surface area contributed by atoms with Gasteiger partial charge < -0.3 is 9.88 Å². The topological polar surface area (TPSA) is 17.0 Å². The average molecular weight is 242 g/mol. The van der Waals surface area contributed by atoms with E-state index in [4.69, 9.17) is 0 Å². The molecule has 0 atom stereocenters. The van der Waals surface area contributed by atoms with Crippen LogP contribution >= 0.6 is 0 Å². The highest BCUT2D eigenvalue weighted by Gasteiger charge is 2.19. The largest absolute Gasteiger partial charge is 0.347 e. The van der Waals surface area contributed by atoms with E-state index < -0.39 is 0 Å². The zero-order chi connectivity index (χ0) is 12.4. The molecule has 18 heavy (non-hydrogen) atoms. The van der Waals surface area contributed by atoms with Gasteiger partial charge >= 0.3 is 0 Å². The molecule has 1 fully saturated rings. The Balaban J connectivity index is 1.55. The number of unbranched alkanes of at least 4 members (excludes halogenated alkanes) is 1. The van der Waals surface area contributed by atoms with Crippen LogP contribution in [0.5, 0.6) is 0 Å². The number of aromatic nitrogens is 1. The first-order valence-corrected chi connectivity index (χ1v) is 7.12. The molecule has 2 heteroatoms. The maximum absolute atomic E-state index is 3.57. The van der Waals surface area contributed by atoms with Crippen molar-refractivity contribution in [2.45, 2.75) is 45.2 Å². The Bertz CT molecular complexity index is 523. The van der Waals surface area contributed by atoms with Crippen LogP contribution in [0.1, 0.15) is 31.2 Å². The number of fused-ring (bicyclic) bond motifs is 1. The van der Waals surface area contributed by atoms with Gasteiger partial charge in [-0.25, -0.2) is 0 Å². The van der Waals surface area contributed by atoms with Crippen molar-refractivity contribution in [3.8, 4) is 0 Å². The van der Waals surface area contributed by atoms with Crippen LogP contribution in [0.2, 0.25) is 0 Å². The first-order valence-electron chi connectivity index (χ1n) is 7.12. The lowest BCUT2D eigenvalue weighted by Crippen LogP contribution is -2.17. The van der Waals surface area contributed by atoms with Crippen LogP contribution in [-0.4, -0.2) is 17.2 Å². The minimum atomic E-state index is 0.847. The second kappa shape index (κ2) is 5.15. The van der Waals surface area contributed by atoms with Gasteiger partial charge in [0, 0.05) is 29.7 Å². The van der Waals surface area contributed by atoms with Gasteiger partial charge in [-0.05, 0) is 56.8 Å². The van der Waals surface area contributed by atoms with E-state index >= 15 is 0 Å². The summed E-state index contributed by atoms with van der Waals surface area (Å²) in [4.78, 5) is 0. The third kappa shape index (κ3) is 2.59. The van der Waals surface area contributed by atoms with Gasteiger partial charge in [0.15, 0.2) is 0 Å². The minimum absolute atomic E-state index is 0.847. The Morgan fingerprint density at radius 2 is 2.11 bits per heavy atom. The predicted octanol–water partition coefficient (Wildman–Crippen LogP) is 3.48. The van der Waals surface area contributed by atoms with Crippen molar-refractivity contribution in [3.05, 3.63) is 36.0 Å². The molecule has 0 aliphatic heterocycles. The second-order valence-corrected chi connectivity index (χ2v) is 5.45. The first-order chi connectivity index (χ1) is 8.84. The average Bonchev–Trinajstić information content (AvgIpc) is 3.10. The van der Waals surface area contributed by atoms with Gasteiger partial charge in [-0.3, -0.25) is 0 Å². The van der Waals surface area contributed by atoms with Gasteiger partial charge in [-0.2, -0.15) is 0 Å². The highest BCUT2D eigenvalue weighted by atomic mass is 15.0. The lowest BCUT2D eigenvalue weighted by Gasteiger charge is -2.06. The standard InChI is InChI=1S/C16H22N2/c1-13-5-4-6-16-15(13)9-12-18(16)11-3-2-10-17-14-7-8-14/h4-6,9,12,14,17H,2-3,7-8,10-11H2,1H3. The van der Waals surface area contributed by atoms with E-state index in [0.717, 1.165) is 12.6 Å². The van der Waals surface area contributed by atoms with E-state index in [9.17, 15) is 0 Å². The van der Waals surface area contributed by atoms with Crippen molar-refractivity contribution in [1.82, 2.24) is 9.88 Å². The third-order valence-corrected chi connectivity index (χ3v) is 3.87. The van der Waals surface area contributed by atoms with Crippen LogP contribution in [0.3, 0.4) is 0 Å². The molecule has 1 N–H and O–H groups in total. The summed E-state index contributed by atoms with van der Waals surface area (Å²) in [5, 5.41) is 4.97. The SMILES string of the molecule is Cc1cccc2c1ccn2CCCCNC1CC1. The lowest BCUT2D eigenvalue weighted by atomic mass is 10.1. The molecule has 0 unspecified atom stereocenters. The van der Waals surface area contributed by atoms with Crippen LogP contribution in [0.15, 0.2) is 30.5 Å². The molecule has 1 aromatic carbocycles. The number of hydrogen-bond acceptors (Lipinski definition) is 1. The fraction of sp³-hybridized carbons (Fsp3) is 0.500. The molecule has 3 rings (SSSR count). The molecular weight excluding hydrogens is 220 g/mol. The molecule has 0 saturated heterocycles. The van der Waals surface area contributed by atoms with E-state index in [1.807, 2.05) is 0 Å². The first kappa shape index (κ1) is 11.8. The number of aryl methyl sites for hydroxylation is 2. The van der Waals surface area contributed by atoms with Crippen molar-refractivity contribution in [2.24, 2.45) is 0 Å². The van der Waals surface area contributed by atoms with Gasteiger partial charge in [-0.1, -0.05) is 12.1 Å². The van der Waals surface area contributed by atoms with Crippen LogP contribution in [0.25, 0.3) is 10.9 Å². The predicted molar refractivity (Wildman–Crippen MR) is 76.9 cm³/mol. The quantitative estimate of drug-likeness (QED) is 0.767. The van der Waals surface area contributed by atoms with Crippen molar-refractivity contribution in [1.29, 1.82) is 0 Å². The summed E-state index contributed by atoms with van der Waals surface area (Å²) < 4.78 is 2.39. The molecule has 1 aliphatic rings. The maximum atomic E-state index is 3.57. The Labute approximate surface area is 109 Å². The maximum Gasteiger partial charge on any atom is 0.0482 e. The number of rotatable bonds is 6. The van der Waals surface area contributed by atoms with Crippen molar-refractivity contribution in [3.63, 3.8) is 0 Å². The Hall–Kier alpha value is -1.28. The number of benzene rings is 1. The van der Waals surface area contributed by atoms with Gasteiger partial charge in [0.05, 0.1) is 0 Å². The van der Waals surface area contributed by atoms with Gasteiger partial charge in [0.2, 0.25) is 0 Å². The molecule has 0 spiro atoms. The second-order valence-electron chi connectivity index (χ2n) is 5.45. The van der Waals surface area contributed by atoms with E-state index in [1.54, 1.807) is 0 Å². The van der Waals surface area contributed by atoms with Gasteiger partial charge in [0.25, 0.3) is 0 Å².